The van der Waals surface area contributed by atoms with Crippen LogP contribution in [0.3, 0.4) is 0 Å². The molecule has 0 aromatic heterocycles. The Hall–Kier alpha value is -2.13. The van der Waals surface area contributed by atoms with Crippen molar-refractivity contribution >= 4 is 44.8 Å². The number of hydrogen-bond donors (Lipinski definition) is 2. The normalized spacial score (nSPS) is 21.3. The first kappa shape index (κ1) is 19.6. The Labute approximate surface area is 162 Å². The highest BCUT2D eigenvalue weighted by molar-refractivity contribution is 7.91. The van der Waals surface area contributed by atoms with E-state index in [0.29, 0.717) is 36.5 Å². The van der Waals surface area contributed by atoms with Crippen molar-refractivity contribution in [2.45, 2.75) is 25.7 Å². The van der Waals surface area contributed by atoms with Crippen molar-refractivity contribution in [3.05, 3.63) is 28.8 Å². The molecule has 2 saturated heterocycles. The van der Waals surface area contributed by atoms with Gasteiger partial charge in [-0.1, -0.05) is 11.6 Å². The number of halogens is 1. The summed E-state index contributed by atoms with van der Waals surface area (Å²) in [6.07, 6.45) is 1.59. The smallest absolute Gasteiger partial charge is 0.271 e. The predicted molar refractivity (Wildman–Crippen MR) is 100 cm³/mol. The summed E-state index contributed by atoms with van der Waals surface area (Å²) < 4.78 is 22.9. The van der Waals surface area contributed by atoms with E-state index in [0.717, 1.165) is 0 Å². The Kier molecular flexibility index (Phi) is 5.71. The highest BCUT2D eigenvalue weighted by atomic mass is 35.5. The molecule has 0 spiro atoms. The first-order valence-electron chi connectivity index (χ1n) is 8.65. The quantitative estimate of drug-likeness (QED) is 0.716. The number of rotatable bonds is 4. The van der Waals surface area contributed by atoms with E-state index >= 15 is 0 Å². The van der Waals surface area contributed by atoms with Crippen molar-refractivity contribution in [2.24, 2.45) is 5.92 Å². The van der Waals surface area contributed by atoms with Crippen LogP contribution >= 0.6 is 11.6 Å². The lowest BCUT2D eigenvalue weighted by Crippen LogP contribution is -2.43. The average molecular weight is 414 g/mol. The fourth-order valence-electron chi connectivity index (χ4n) is 3.36. The summed E-state index contributed by atoms with van der Waals surface area (Å²) >= 11 is 6.00. The van der Waals surface area contributed by atoms with Crippen LogP contribution in [-0.4, -0.2) is 44.2 Å². The standard InChI is InChI=1S/C17H20ClN3O5S/c18-12-3-4-13(14(9-12)21-6-1-2-16(21)23)17(24)20-19-15(22)8-11-5-7-27(25,26)10-11/h3-4,9,11H,1-2,5-8,10H2,(H,19,22)(H,20,24)/t11-/m0/s1. The molecule has 3 rings (SSSR count). The van der Waals surface area contributed by atoms with Gasteiger partial charge in [0.15, 0.2) is 9.84 Å². The van der Waals surface area contributed by atoms with E-state index in [-0.39, 0.29) is 35.3 Å². The van der Waals surface area contributed by atoms with Crippen LogP contribution in [0.1, 0.15) is 36.0 Å². The zero-order valence-corrected chi connectivity index (χ0v) is 16.1. The molecule has 0 saturated carbocycles. The van der Waals surface area contributed by atoms with Crippen LogP contribution in [0.25, 0.3) is 0 Å². The third-order valence-electron chi connectivity index (χ3n) is 4.68. The Balaban J connectivity index is 1.63. The van der Waals surface area contributed by atoms with E-state index in [1.54, 1.807) is 6.07 Å². The minimum absolute atomic E-state index is 0.00717. The second-order valence-electron chi connectivity index (χ2n) is 6.79. The summed E-state index contributed by atoms with van der Waals surface area (Å²) in [6, 6.07) is 4.57. The van der Waals surface area contributed by atoms with Crippen LogP contribution in [0.5, 0.6) is 0 Å². The lowest BCUT2D eigenvalue weighted by Gasteiger charge is -2.20. The molecule has 2 aliphatic heterocycles. The van der Waals surface area contributed by atoms with E-state index in [4.69, 9.17) is 11.6 Å². The number of carbonyl (C=O) groups excluding carboxylic acids is 3. The maximum atomic E-state index is 12.5. The molecule has 0 unspecified atom stereocenters. The van der Waals surface area contributed by atoms with E-state index < -0.39 is 21.7 Å². The molecular formula is C17H20ClN3O5S. The summed E-state index contributed by atoms with van der Waals surface area (Å²) in [5, 5.41) is 0.396. The van der Waals surface area contributed by atoms with Gasteiger partial charge in [-0.25, -0.2) is 8.42 Å². The Bertz CT molecular complexity index is 887. The van der Waals surface area contributed by atoms with Crippen LogP contribution in [0.15, 0.2) is 18.2 Å². The molecule has 2 aliphatic rings. The Morgan fingerprint density at radius 1 is 1.26 bits per heavy atom. The topological polar surface area (TPSA) is 113 Å². The van der Waals surface area contributed by atoms with Crippen molar-refractivity contribution in [1.82, 2.24) is 10.9 Å². The monoisotopic (exact) mass is 413 g/mol. The summed E-state index contributed by atoms with van der Waals surface area (Å²) in [6.45, 7) is 0.502. The Morgan fingerprint density at radius 3 is 2.67 bits per heavy atom. The molecule has 2 fully saturated rings. The molecule has 0 aliphatic carbocycles. The largest absolute Gasteiger partial charge is 0.312 e. The summed E-state index contributed by atoms with van der Waals surface area (Å²) in [7, 11) is -3.06. The molecule has 0 bridgehead atoms. The van der Waals surface area contributed by atoms with E-state index in [2.05, 4.69) is 10.9 Å². The number of hydrazine groups is 1. The fourth-order valence-corrected chi connectivity index (χ4v) is 5.39. The number of nitrogens with zero attached hydrogens (tertiary/aromatic N) is 1. The van der Waals surface area contributed by atoms with Crippen molar-refractivity contribution in [2.75, 3.05) is 23.0 Å². The molecule has 8 nitrogen and oxygen atoms in total. The number of anilines is 1. The number of carbonyl (C=O) groups is 3. The summed E-state index contributed by atoms with van der Waals surface area (Å²) in [5.74, 6) is -1.27. The molecule has 2 heterocycles. The minimum atomic E-state index is -3.06. The van der Waals surface area contributed by atoms with E-state index in [1.807, 2.05) is 0 Å². The van der Waals surface area contributed by atoms with Gasteiger partial charge in [-0.2, -0.15) is 0 Å². The van der Waals surface area contributed by atoms with E-state index in [9.17, 15) is 22.8 Å². The third kappa shape index (κ3) is 4.78. The molecule has 27 heavy (non-hydrogen) atoms. The highest BCUT2D eigenvalue weighted by Crippen LogP contribution is 2.28. The zero-order chi connectivity index (χ0) is 19.6. The number of benzene rings is 1. The SMILES string of the molecule is O=C(C[C@@H]1CCS(=O)(=O)C1)NNC(=O)c1ccc(Cl)cc1N1CCCC1=O. The van der Waals surface area contributed by atoms with Gasteiger partial charge in [0, 0.05) is 24.4 Å². The molecule has 1 atom stereocenters. The first-order valence-corrected chi connectivity index (χ1v) is 10.8. The number of amides is 3. The van der Waals surface area contributed by atoms with Gasteiger partial charge < -0.3 is 4.90 Å². The van der Waals surface area contributed by atoms with Gasteiger partial charge in [0.1, 0.15) is 0 Å². The van der Waals surface area contributed by atoms with Gasteiger partial charge in [0.25, 0.3) is 5.91 Å². The molecular weight excluding hydrogens is 394 g/mol. The third-order valence-corrected chi connectivity index (χ3v) is 6.76. The highest BCUT2D eigenvalue weighted by Gasteiger charge is 2.30. The lowest BCUT2D eigenvalue weighted by atomic mass is 10.1. The van der Waals surface area contributed by atoms with Crippen LogP contribution in [0, 0.1) is 5.92 Å². The number of sulfone groups is 1. The van der Waals surface area contributed by atoms with Crippen LogP contribution in [-0.2, 0) is 19.4 Å². The van der Waals surface area contributed by atoms with Crippen LogP contribution in [0.2, 0.25) is 5.02 Å². The van der Waals surface area contributed by atoms with Gasteiger partial charge >= 0.3 is 0 Å². The first-order chi connectivity index (χ1) is 12.7. The molecule has 2 N–H and O–H groups in total. The van der Waals surface area contributed by atoms with Crippen LogP contribution in [0.4, 0.5) is 5.69 Å². The van der Waals surface area contributed by atoms with Gasteiger partial charge in [-0.15, -0.1) is 0 Å². The fraction of sp³-hybridized carbons (Fsp3) is 0.471. The second-order valence-corrected chi connectivity index (χ2v) is 9.45. The van der Waals surface area contributed by atoms with Crippen molar-refractivity contribution < 1.29 is 22.8 Å². The van der Waals surface area contributed by atoms with Crippen molar-refractivity contribution in [3.8, 4) is 0 Å². The van der Waals surface area contributed by atoms with Crippen molar-refractivity contribution in [1.29, 1.82) is 0 Å². The van der Waals surface area contributed by atoms with Crippen LogP contribution < -0.4 is 15.8 Å². The summed E-state index contributed by atoms with van der Waals surface area (Å²) in [5.41, 5.74) is 5.25. The zero-order valence-electron chi connectivity index (χ0n) is 14.5. The van der Waals surface area contributed by atoms with Gasteiger partial charge in [-0.3, -0.25) is 25.2 Å². The van der Waals surface area contributed by atoms with Gasteiger partial charge in [0.05, 0.1) is 22.8 Å². The Morgan fingerprint density at radius 2 is 2.04 bits per heavy atom. The average Bonchev–Trinajstić information content (AvgIpc) is 3.17. The summed E-state index contributed by atoms with van der Waals surface area (Å²) in [4.78, 5) is 38.0. The molecule has 10 heteroatoms. The molecule has 146 valence electrons. The predicted octanol–water partition coefficient (Wildman–Crippen LogP) is 1.05. The molecule has 0 radical (unpaired) electrons. The maximum Gasteiger partial charge on any atom is 0.271 e. The van der Waals surface area contributed by atoms with Gasteiger partial charge in [-0.05, 0) is 37.0 Å². The van der Waals surface area contributed by atoms with E-state index in [1.165, 1.54) is 17.0 Å². The molecule has 3 amide bonds. The number of nitrogens with one attached hydrogen (secondary N) is 2. The van der Waals surface area contributed by atoms with Gasteiger partial charge in [0.2, 0.25) is 11.8 Å². The lowest BCUT2D eigenvalue weighted by molar-refractivity contribution is -0.122. The van der Waals surface area contributed by atoms with Crippen molar-refractivity contribution in [3.63, 3.8) is 0 Å². The molecule has 1 aromatic rings. The second kappa shape index (κ2) is 7.85. The number of hydrogen-bond acceptors (Lipinski definition) is 5. The molecule has 1 aromatic carbocycles. The minimum Gasteiger partial charge on any atom is -0.312 e. The maximum absolute atomic E-state index is 12.5.